The van der Waals surface area contributed by atoms with Crippen LogP contribution in [0.15, 0.2) is 125 Å². The van der Waals surface area contributed by atoms with Gasteiger partial charge in [-0.05, 0) is 99.0 Å². The molecule has 3 aromatic carbocycles. The second kappa shape index (κ2) is 45.3. The summed E-state index contributed by atoms with van der Waals surface area (Å²) < 4.78 is 23.4. The van der Waals surface area contributed by atoms with Gasteiger partial charge in [0, 0.05) is 143 Å². The van der Waals surface area contributed by atoms with E-state index in [4.69, 9.17) is 61.7 Å². The third-order valence-electron chi connectivity index (χ3n) is 20.8. The Hall–Kier alpha value is -15.8. The van der Waals surface area contributed by atoms with E-state index in [1.807, 2.05) is 9.80 Å². The van der Waals surface area contributed by atoms with E-state index in [-0.39, 0.29) is 123 Å². The molecule has 6 aliphatic rings. The number of ether oxygens (including phenoxy) is 4. The van der Waals surface area contributed by atoms with Gasteiger partial charge in [-0.25, -0.2) is 24.0 Å². The first-order valence-corrected chi connectivity index (χ1v) is 40.6. The predicted molar refractivity (Wildman–Crippen MR) is 471 cm³/mol. The molecule has 12 atom stereocenters. The molecular formula is C79H100N25O28+. The van der Waals surface area contributed by atoms with Gasteiger partial charge in [0.2, 0.25) is 17.8 Å². The van der Waals surface area contributed by atoms with E-state index in [1.165, 1.54) is 66.1 Å². The van der Waals surface area contributed by atoms with Crippen molar-refractivity contribution in [1.29, 1.82) is 0 Å². The number of anilines is 12. The SMILES string of the molecule is COC[C@H]1O[C@@H](n2cc(C)c(=O)[nH]c2=O)CC1O.COC[C@H]1O[C@@H](n2ccc(=O)[nH]c2=O)CC1O.Nc1nc2c(c(=O)[nH]1)N1CN(c3ccc(C(=O)NC(CCC(=O)O)C(=O)O)cc3)CC1CN2.Nc1nc2c(c(=O)[nH]1)NC(CNc1ccc(C(=O)NC(CCC(=O)O)C(=O)O)cc1)CN2.Nc1nc2c(c(=O)[nH]1)NC(CNc1ccc(C(=O)NC(CCC(=O)O)C(=O)O)cc1)CN2.[H+]. The number of amides is 3. The van der Waals surface area contributed by atoms with Crippen LogP contribution in [-0.2, 0) is 47.7 Å². The van der Waals surface area contributed by atoms with Crippen molar-refractivity contribution in [2.24, 2.45) is 0 Å². The van der Waals surface area contributed by atoms with Gasteiger partial charge in [-0.1, -0.05) is 0 Å². The fourth-order valence-electron chi connectivity index (χ4n) is 14.1. The molecule has 53 heteroatoms. The van der Waals surface area contributed by atoms with Crippen LogP contribution in [0.4, 0.5) is 69.4 Å². The fraction of sp³-hybridized carbons (Fsp3) is 0.405. The summed E-state index contributed by atoms with van der Waals surface area (Å²) in [6.45, 7) is 5.71. The smallest absolute Gasteiger partial charge is 0.481 e. The number of hydrogen-bond acceptors (Lipinski definition) is 37. The summed E-state index contributed by atoms with van der Waals surface area (Å²) in [7, 11) is 3.02. The standard InChI is InChI=1S/C20H23N7O6.2C19H23N7O6.C11H16N2O5.C10H14N2O5/c21-20-24-16-15(18(31)25-20)27-9-26(8-12(27)7-22-16)11-3-1-10(2-4-11)17(30)23-13(19(32)33)5-6-14(28)29;2*20-19-25-15-14(17(30)26-19)23-11(8-22-15)7-21-10-3-1-9(2-4-10)16(29)24-12(18(31)32)5-6-13(27)28;1-6-4-13(11(16)12-10(6)15)9-3-7(14)8(18-9)5-17-2;1-16-5-7-6(13)4-9(17-7)12-3-2-8(14)11-10(12)15/h1-4,12-13H,5-9H2,(H,23,30)(H,28,29)(H,32,33)(H4,21,22,24,25,31);2*1-4,11-12,21,23H,5-8H2,(H,24,29)(H,27,28)(H,31,32)(H4,20,22,25,26,30);4,7-9,14H,3,5H2,1-2H3,(H,12,15,16);2-3,6-7,9,13H,4-5H2,1H3,(H,11,14,15)/p+1/t;;;7?,8-,9-;6?,7-,9-/m...11/s1. The van der Waals surface area contributed by atoms with Crippen molar-refractivity contribution in [1.82, 2.24) is 65.0 Å². The van der Waals surface area contributed by atoms with E-state index in [0.29, 0.717) is 110 Å². The topological polar surface area (TPSA) is 804 Å². The maximum absolute atomic E-state index is 12.4. The Morgan fingerprint density at radius 2 is 0.902 bits per heavy atom. The number of benzene rings is 3. The van der Waals surface area contributed by atoms with Gasteiger partial charge in [0.1, 0.15) is 59.9 Å². The van der Waals surface area contributed by atoms with Crippen molar-refractivity contribution in [2.75, 3.05) is 138 Å². The Kier molecular flexibility index (Phi) is 33.8. The molecule has 8 unspecified atom stereocenters. The third-order valence-corrected chi connectivity index (χ3v) is 20.8. The van der Waals surface area contributed by atoms with Crippen LogP contribution in [0.25, 0.3) is 0 Å². The average Bonchev–Trinajstić information content (AvgIpc) is 1.64. The van der Waals surface area contributed by atoms with Gasteiger partial charge in [-0.3, -0.25) is 86.8 Å². The van der Waals surface area contributed by atoms with Crippen molar-refractivity contribution >= 4 is 123 Å². The second-order valence-electron chi connectivity index (χ2n) is 30.4. The van der Waals surface area contributed by atoms with Crippen LogP contribution in [-0.4, -0.2) is 277 Å². The first-order valence-electron chi connectivity index (χ1n) is 40.6. The van der Waals surface area contributed by atoms with E-state index in [1.54, 1.807) is 55.5 Å². The quantitative estimate of drug-likeness (QED) is 0.0206. The molecule has 0 radical (unpaired) electrons. The second-order valence-corrected chi connectivity index (χ2v) is 30.4. The minimum absolute atomic E-state index is 0. The average molecular weight is 1850 g/mol. The summed E-state index contributed by atoms with van der Waals surface area (Å²) in [6.07, 6.45) is -1.82. The molecule has 0 saturated carbocycles. The summed E-state index contributed by atoms with van der Waals surface area (Å²) in [5.41, 5.74) is 18.1. The number of carbonyl (C=O) groups excluding carboxylic acids is 3. The van der Waals surface area contributed by atoms with Gasteiger partial charge in [0.15, 0.2) is 17.5 Å². The van der Waals surface area contributed by atoms with Crippen molar-refractivity contribution in [3.63, 3.8) is 0 Å². The van der Waals surface area contributed by atoms with Crippen LogP contribution in [0, 0.1) is 6.92 Å². The van der Waals surface area contributed by atoms with Gasteiger partial charge in [-0.2, -0.15) is 15.0 Å². The number of H-pyrrole nitrogens is 5. The normalized spacial score (nSPS) is 19.3. The van der Waals surface area contributed by atoms with Crippen LogP contribution < -0.4 is 119 Å². The Labute approximate surface area is 744 Å². The summed E-state index contributed by atoms with van der Waals surface area (Å²) in [4.78, 5) is 212. The first kappa shape index (κ1) is 98.4. The molecule has 29 N–H and O–H groups in total. The molecule has 14 rings (SSSR count). The molecule has 5 aromatic heterocycles. The Morgan fingerprint density at radius 1 is 0.508 bits per heavy atom. The Morgan fingerprint density at radius 3 is 1.31 bits per heavy atom. The van der Waals surface area contributed by atoms with Gasteiger partial charge >= 0.3 is 48.6 Å². The zero-order valence-electron chi connectivity index (χ0n) is 71.7. The lowest BCUT2D eigenvalue weighted by Crippen LogP contribution is -2.44. The molecule has 0 aliphatic carbocycles. The highest BCUT2D eigenvalue weighted by Gasteiger charge is 2.40. The third kappa shape index (κ3) is 26.9. The van der Waals surface area contributed by atoms with Crippen LogP contribution in [0.5, 0.6) is 0 Å². The zero-order chi connectivity index (χ0) is 95.9. The maximum Gasteiger partial charge on any atom is 1.00 e. The van der Waals surface area contributed by atoms with E-state index in [0.717, 1.165) is 5.69 Å². The molecule has 0 spiro atoms. The summed E-state index contributed by atoms with van der Waals surface area (Å²) in [6, 6.07) is 16.5. The number of hydrogen-bond donors (Lipinski definition) is 26. The molecule has 708 valence electrons. The van der Waals surface area contributed by atoms with E-state index < -0.39 is 131 Å². The molecule has 3 saturated heterocycles. The summed E-state index contributed by atoms with van der Waals surface area (Å²) >= 11 is 0. The van der Waals surface area contributed by atoms with Crippen LogP contribution in [0.2, 0.25) is 0 Å². The summed E-state index contributed by atoms with van der Waals surface area (Å²) in [5.74, 6) is -7.83. The van der Waals surface area contributed by atoms with E-state index in [2.05, 4.69) is 93.0 Å². The fourth-order valence-corrected chi connectivity index (χ4v) is 14.1. The molecular weight excluding hydrogens is 1750 g/mol. The van der Waals surface area contributed by atoms with Gasteiger partial charge in [0.25, 0.3) is 45.5 Å². The number of aryl methyl sites for hydroxylation is 1. The van der Waals surface area contributed by atoms with Crippen molar-refractivity contribution in [2.45, 2.75) is 131 Å². The van der Waals surface area contributed by atoms with Crippen molar-refractivity contribution < 1.29 is 104 Å². The minimum atomic E-state index is -1.30. The van der Waals surface area contributed by atoms with Crippen molar-refractivity contribution in [3.8, 4) is 0 Å². The number of fused-ring (bicyclic) bond motifs is 5. The number of aliphatic carboxylic acids is 6. The van der Waals surface area contributed by atoms with Crippen LogP contribution in [0.3, 0.4) is 0 Å². The largest absolute Gasteiger partial charge is 1.00 e. The number of aromatic amines is 5. The lowest BCUT2D eigenvalue weighted by molar-refractivity contribution is -0.142. The number of aliphatic hydroxyl groups excluding tert-OH is 2. The molecule has 3 amide bonds. The molecule has 53 nitrogen and oxygen atoms in total. The van der Waals surface area contributed by atoms with Gasteiger partial charge in [-0.15, -0.1) is 0 Å². The number of aromatic nitrogens is 10. The van der Waals surface area contributed by atoms with Gasteiger partial charge < -0.3 is 140 Å². The molecule has 3 fully saturated rings. The number of nitrogen functional groups attached to an aromatic ring is 3. The maximum atomic E-state index is 12.4. The lowest BCUT2D eigenvalue weighted by atomic mass is 10.1. The Bertz CT molecular complexity index is 5770. The number of rotatable bonds is 31. The number of carbonyl (C=O) groups is 9. The molecule has 6 aliphatic heterocycles. The van der Waals surface area contributed by atoms with Gasteiger partial charge in [0.05, 0.1) is 50.2 Å². The monoisotopic (exact) mass is 1850 g/mol. The molecule has 8 aromatic rings. The lowest BCUT2D eigenvalue weighted by Gasteiger charge is -2.31. The minimum Gasteiger partial charge on any atom is -0.481 e. The van der Waals surface area contributed by atoms with Crippen molar-refractivity contribution in [3.05, 3.63) is 186 Å². The highest BCUT2D eigenvalue weighted by Crippen LogP contribution is 2.34. The number of nitrogens with one attached hydrogen (secondary N) is 15. The predicted octanol–water partition coefficient (Wildman–Crippen LogP) is -3.00. The number of nitrogens with two attached hydrogens (primary N) is 3. The molecule has 11 heterocycles. The number of carboxylic acid groups (broad SMARTS) is 6. The summed E-state index contributed by atoms with van der Waals surface area (Å²) in [5, 5.41) is 102. The van der Waals surface area contributed by atoms with Crippen LogP contribution >= 0.6 is 0 Å². The van der Waals surface area contributed by atoms with E-state index in [9.17, 15) is 92.0 Å². The zero-order valence-corrected chi connectivity index (χ0v) is 70.7. The highest BCUT2D eigenvalue weighted by molar-refractivity contribution is 5.99. The highest BCUT2D eigenvalue weighted by atomic mass is 16.6. The van der Waals surface area contributed by atoms with Crippen LogP contribution in [0.1, 0.15) is 102 Å². The number of aliphatic hydroxyl groups is 2. The van der Waals surface area contributed by atoms with E-state index >= 15 is 0 Å². The number of carboxylic acids is 6. The molecule has 132 heavy (non-hydrogen) atoms. The first-order chi connectivity index (χ1) is 62.8. The number of methoxy groups -OCH3 is 2. The Balaban J connectivity index is 0.000000191. The number of nitrogens with zero attached hydrogens (tertiary/aromatic N) is 7. The molecule has 0 bridgehead atoms.